The molecule has 0 rings (SSSR count). The first-order valence-electron chi connectivity index (χ1n) is 4.14. The summed E-state index contributed by atoms with van der Waals surface area (Å²) in [4.78, 5) is 0. The van der Waals surface area contributed by atoms with Crippen LogP contribution in [-0.4, -0.2) is 44.2 Å². The predicted octanol–water partition coefficient (Wildman–Crippen LogP) is 1.58. The minimum Gasteiger partial charge on any atom is -0.383 e. The summed E-state index contributed by atoms with van der Waals surface area (Å²) >= 11 is 7.77. The van der Waals surface area contributed by atoms with E-state index in [0.29, 0.717) is 6.61 Å². The Morgan fingerprint density at radius 3 is 2.92 bits per heavy atom. The highest BCUT2D eigenvalue weighted by molar-refractivity contribution is 7.98. The van der Waals surface area contributed by atoms with Gasteiger partial charge in [0.05, 0.1) is 12.0 Å². The summed E-state index contributed by atoms with van der Waals surface area (Å²) in [6.07, 6.45) is 3.33. The molecule has 1 unspecified atom stereocenters. The molecule has 74 valence electrons. The van der Waals surface area contributed by atoms with Crippen molar-refractivity contribution in [2.24, 2.45) is 0 Å². The van der Waals surface area contributed by atoms with Crippen molar-refractivity contribution in [3.8, 4) is 0 Å². The molecule has 4 heteroatoms. The van der Waals surface area contributed by atoms with Crippen LogP contribution in [-0.2, 0) is 4.74 Å². The Labute approximate surface area is 84.4 Å². The summed E-state index contributed by atoms with van der Waals surface area (Å²) in [5.41, 5.74) is 0. The Kier molecular flexibility index (Phi) is 10.1. The van der Waals surface area contributed by atoms with Gasteiger partial charge in [0, 0.05) is 13.7 Å². The molecule has 0 heterocycles. The van der Waals surface area contributed by atoms with E-state index in [1.807, 2.05) is 11.8 Å². The first-order valence-corrected chi connectivity index (χ1v) is 5.97. The smallest absolute Gasteiger partial charge is 0.0693 e. The highest BCUT2D eigenvalue weighted by Crippen LogP contribution is 1.95. The molecular formula is C8H18ClNOS. The third-order valence-corrected chi connectivity index (χ3v) is 2.39. The number of alkyl halides is 1. The number of hydrogen-bond acceptors (Lipinski definition) is 3. The van der Waals surface area contributed by atoms with Crippen LogP contribution in [0.15, 0.2) is 0 Å². The Bertz CT molecular complexity index is 95.1. The fourth-order valence-corrected chi connectivity index (χ4v) is 1.51. The number of ether oxygens (including phenoxy) is 1. The summed E-state index contributed by atoms with van der Waals surface area (Å²) in [6, 6.07) is 0. The van der Waals surface area contributed by atoms with E-state index in [2.05, 4.69) is 11.6 Å². The van der Waals surface area contributed by atoms with Gasteiger partial charge in [-0.05, 0) is 25.0 Å². The molecule has 0 amide bonds. The molecule has 0 fully saturated rings. The summed E-state index contributed by atoms with van der Waals surface area (Å²) in [5, 5.41) is 3.38. The van der Waals surface area contributed by atoms with E-state index >= 15 is 0 Å². The van der Waals surface area contributed by atoms with Gasteiger partial charge < -0.3 is 10.1 Å². The van der Waals surface area contributed by atoms with E-state index in [9.17, 15) is 0 Å². The van der Waals surface area contributed by atoms with Gasteiger partial charge >= 0.3 is 0 Å². The Balaban J connectivity index is 2.97. The van der Waals surface area contributed by atoms with Crippen molar-refractivity contribution < 1.29 is 4.74 Å². The maximum atomic E-state index is 5.90. The number of halogens is 1. The largest absolute Gasteiger partial charge is 0.383 e. The summed E-state index contributed by atoms with van der Waals surface area (Å²) in [5.74, 6) is 1.21. The molecule has 0 aliphatic heterocycles. The fourth-order valence-electron chi connectivity index (χ4n) is 0.840. The van der Waals surface area contributed by atoms with E-state index in [4.69, 9.17) is 16.3 Å². The molecule has 0 bridgehead atoms. The number of methoxy groups -OCH3 is 1. The molecule has 0 saturated carbocycles. The lowest BCUT2D eigenvalue weighted by Gasteiger charge is -2.08. The molecule has 0 aliphatic rings. The van der Waals surface area contributed by atoms with Crippen molar-refractivity contribution in [3.05, 3.63) is 0 Å². The SMILES string of the molecule is COCC(Cl)CNCCCSC. The number of nitrogens with one attached hydrogen (secondary N) is 1. The molecule has 1 atom stereocenters. The lowest BCUT2D eigenvalue weighted by Crippen LogP contribution is -2.27. The van der Waals surface area contributed by atoms with Gasteiger partial charge in [-0.1, -0.05) is 0 Å². The maximum Gasteiger partial charge on any atom is 0.0693 e. The van der Waals surface area contributed by atoms with Gasteiger partial charge in [-0.15, -0.1) is 11.6 Å². The molecule has 0 spiro atoms. The number of hydrogen-bond donors (Lipinski definition) is 1. The second-order valence-corrected chi connectivity index (χ2v) is 4.21. The average molecular weight is 212 g/mol. The van der Waals surface area contributed by atoms with Gasteiger partial charge in [0.1, 0.15) is 0 Å². The van der Waals surface area contributed by atoms with Crippen molar-refractivity contribution in [2.45, 2.75) is 11.8 Å². The van der Waals surface area contributed by atoms with Crippen molar-refractivity contribution in [1.82, 2.24) is 5.32 Å². The molecule has 2 nitrogen and oxygen atoms in total. The van der Waals surface area contributed by atoms with Crippen molar-refractivity contribution in [1.29, 1.82) is 0 Å². The topological polar surface area (TPSA) is 21.3 Å². The van der Waals surface area contributed by atoms with Gasteiger partial charge in [0.2, 0.25) is 0 Å². The van der Waals surface area contributed by atoms with Gasteiger partial charge in [-0.3, -0.25) is 0 Å². The molecule has 0 saturated heterocycles. The molecule has 0 radical (unpaired) electrons. The lowest BCUT2D eigenvalue weighted by molar-refractivity contribution is 0.197. The van der Waals surface area contributed by atoms with Crippen molar-refractivity contribution in [3.63, 3.8) is 0 Å². The molecule has 0 aromatic heterocycles. The van der Waals surface area contributed by atoms with Crippen molar-refractivity contribution >= 4 is 23.4 Å². The van der Waals surface area contributed by atoms with Crippen LogP contribution in [0.3, 0.4) is 0 Å². The van der Waals surface area contributed by atoms with Gasteiger partial charge in [0.25, 0.3) is 0 Å². The highest BCUT2D eigenvalue weighted by Gasteiger charge is 2.01. The first kappa shape index (κ1) is 12.6. The van der Waals surface area contributed by atoms with Crippen LogP contribution in [0.5, 0.6) is 0 Å². The number of thioether (sulfide) groups is 1. The minimum absolute atomic E-state index is 0.101. The molecule has 0 aromatic carbocycles. The molecular weight excluding hydrogens is 194 g/mol. The van der Waals surface area contributed by atoms with Crippen LogP contribution >= 0.6 is 23.4 Å². The quantitative estimate of drug-likeness (QED) is 0.487. The Hall–Kier alpha value is 0.560. The van der Waals surface area contributed by atoms with Crippen molar-refractivity contribution in [2.75, 3.05) is 38.8 Å². The average Bonchev–Trinajstić information content (AvgIpc) is 2.05. The first-order chi connectivity index (χ1) is 5.81. The number of rotatable bonds is 8. The Morgan fingerprint density at radius 2 is 2.33 bits per heavy atom. The van der Waals surface area contributed by atoms with Gasteiger partial charge in [-0.2, -0.15) is 11.8 Å². The summed E-state index contributed by atoms with van der Waals surface area (Å²) in [7, 11) is 1.67. The highest BCUT2D eigenvalue weighted by atomic mass is 35.5. The second kappa shape index (κ2) is 9.65. The summed E-state index contributed by atoms with van der Waals surface area (Å²) in [6.45, 7) is 2.51. The van der Waals surface area contributed by atoms with Crippen LogP contribution in [0.1, 0.15) is 6.42 Å². The van der Waals surface area contributed by atoms with E-state index in [-0.39, 0.29) is 5.38 Å². The zero-order valence-corrected chi connectivity index (χ0v) is 9.38. The Morgan fingerprint density at radius 1 is 1.58 bits per heavy atom. The monoisotopic (exact) mass is 211 g/mol. The fraction of sp³-hybridized carbons (Fsp3) is 1.00. The van der Waals surface area contributed by atoms with E-state index < -0.39 is 0 Å². The predicted molar refractivity (Wildman–Crippen MR) is 57.4 cm³/mol. The van der Waals surface area contributed by atoms with Gasteiger partial charge in [0.15, 0.2) is 0 Å². The van der Waals surface area contributed by atoms with Crippen LogP contribution in [0.2, 0.25) is 0 Å². The normalized spacial score (nSPS) is 13.2. The molecule has 1 N–H and O–H groups in total. The summed E-state index contributed by atoms with van der Waals surface area (Å²) < 4.78 is 4.91. The maximum absolute atomic E-state index is 5.90. The van der Waals surface area contributed by atoms with Crippen LogP contribution < -0.4 is 5.32 Å². The molecule has 12 heavy (non-hydrogen) atoms. The van der Waals surface area contributed by atoms with Crippen LogP contribution in [0.25, 0.3) is 0 Å². The second-order valence-electron chi connectivity index (χ2n) is 2.60. The van der Waals surface area contributed by atoms with Crippen LogP contribution in [0.4, 0.5) is 0 Å². The minimum atomic E-state index is 0.101. The zero-order chi connectivity index (χ0) is 9.23. The lowest BCUT2D eigenvalue weighted by atomic mass is 10.4. The third-order valence-electron chi connectivity index (χ3n) is 1.42. The standard InChI is InChI=1S/C8H18ClNOS/c1-11-7-8(9)6-10-4-3-5-12-2/h8,10H,3-7H2,1-2H3. The van der Waals surface area contributed by atoms with E-state index in [1.54, 1.807) is 7.11 Å². The van der Waals surface area contributed by atoms with Gasteiger partial charge in [-0.25, -0.2) is 0 Å². The molecule has 0 aliphatic carbocycles. The van der Waals surface area contributed by atoms with E-state index in [0.717, 1.165) is 13.1 Å². The molecule has 0 aromatic rings. The van der Waals surface area contributed by atoms with E-state index in [1.165, 1.54) is 12.2 Å². The third kappa shape index (κ3) is 8.65. The zero-order valence-electron chi connectivity index (χ0n) is 7.81. The van der Waals surface area contributed by atoms with Crippen LogP contribution in [0, 0.1) is 0 Å².